The van der Waals surface area contributed by atoms with Crippen molar-refractivity contribution < 1.29 is 28.6 Å². The number of rotatable bonds is 3. The Bertz CT molecular complexity index is 1210. The summed E-state index contributed by atoms with van der Waals surface area (Å²) in [4.78, 5) is 41.3. The van der Waals surface area contributed by atoms with Crippen LogP contribution in [-0.4, -0.2) is 56.2 Å². The van der Waals surface area contributed by atoms with E-state index in [1.165, 1.54) is 7.11 Å². The Morgan fingerprint density at radius 3 is 2.47 bits per heavy atom. The Morgan fingerprint density at radius 1 is 1.08 bits per heavy atom. The first kappa shape index (κ1) is 27.6. The van der Waals surface area contributed by atoms with Crippen molar-refractivity contribution in [3.63, 3.8) is 0 Å². The van der Waals surface area contributed by atoms with Crippen LogP contribution in [0.4, 0.5) is 0 Å². The summed E-state index contributed by atoms with van der Waals surface area (Å²) >= 11 is 0. The minimum absolute atomic E-state index is 0.0671. The number of esters is 2. The molecule has 0 aliphatic carbocycles. The number of nitrogens with zero attached hydrogens (tertiary/aromatic N) is 1. The fourth-order valence-electron chi connectivity index (χ4n) is 5.43. The van der Waals surface area contributed by atoms with Crippen molar-refractivity contribution in [2.24, 2.45) is 11.3 Å². The lowest BCUT2D eigenvalue weighted by Gasteiger charge is -2.35. The van der Waals surface area contributed by atoms with E-state index in [1.807, 2.05) is 57.2 Å². The molecule has 0 radical (unpaired) electrons. The Kier molecular flexibility index (Phi) is 8.07. The third kappa shape index (κ3) is 5.53. The second-order valence-electron chi connectivity index (χ2n) is 11.1. The molecule has 0 N–H and O–H groups in total. The summed E-state index contributed by atoms with van der Waals surface area (Å²) in [6.45, 7) is 6.14. The summed E-state index contributed by atoms with van der Waals surface area (Å²) in [5.41, 5.74) is 2.50. The lowest BCUT2D eigenvalue weighted by Crippen LogP contribution is -2.48. The quantitative estimate of drug-likeness (QED) is 0.532. The van der Waals surface area contributed by atoms with Gasteiger partial charge in [0.2, 0.25) is 5.91 Å². The van der Waals surface area contributed by atoms with Crippen LogP contribution in [0.3, 0.4) is 0 Å². The van der Waals surface area contributed by atoms with Gasteiger partial charge >= 0.3 is 11.9 Å². The third-order valence-corrected chi connectivity index (χ3v) is 7.69. The number of methoxy groups -OCH3 is 2. The molecule has 202 valence electrons. The minimum Gasteiger partial charge on any atom is -0.467 e. The maximum absolute atomic E-state index is 14.0. The van der Waals surface area contributed by atoms with Crippen molar-refractivity contribution >= 4 is 23.9 Å². The Labute approximate surface area is 224 Å². The molecular weight excluding hydrogens is 482 g/mol. The fraction of sp³-hybridized carbons (Fsp3) is 0.452. The molecule has 2 aromatic rings. The largest absolute Gasteiger partial charge is 0.467 e. The molecule has 7 nitrogen and oxygen atoms in total. The molecular formula is C31H37NO6. The zero-order chi connectivity index (χ0) is 27.5. The van der Waals surface area contributed by atoms with E-state index in [4.69, 9.17) is 14.2 Å². The number of hydrogen-bond donors (Lipinski definition) is 0. The highest BCUT2D eigenvalue weighted by atomic mass is 16.5. The van der Waals surface area contributed by atoms with Crippen molar-refractivity contribution in [3.8, 4) is 11.1 Å². The molecule has 7 heteroatoms. The highest BCUT2D eigenvalue weighted by molar-refractivity contribution is 5.89. The van der Waals surface area contributed by atoms with Crippen molar-refractivity contribution in [1.29, 1.82) is 0 Å². The van der Waals surface area contributed by atoms with Crippen LogP contribution in [0, 0.1) is 11.3 Å². The smallest absolute Gasteiger partial charge is 0.328 e. The number of hydrogen-bond acceptors (Lipinski definition) is 6. The third-order valence-electron chi connectivity index (χ3n) is 7.69. The van der Waals surface area contributed by atoms with Crippen molar-refractivity contribution in [1.82, 2.24) is 4.90 Å². The lowest BCUT2D eigenvalue weighted by molar-refractivity contribution is -0.157. The van der Waals surface area contributed by atoms with Gasteiger partial charge in [-0.25, -0.2) is 4.79 Å². The summed E-state index contributed by atoms with van der Waals surface area (Å²) in [7, 11) is 2.93. The number of fused-ring (bicyclic) bond motifs is 5. The van der Waals surface area contributed by atoms with Gasteiger partial charge in [0.25, 0.3) is 0 Å². The van der Waals surface area contributed by atoms with Crippen LogP contribution in [0.25, 0.3) is 17.2 Å². The van der Waals surface area contributed by atoms with Crippen LogP contribution < -0.4 is 0 Å². The molecule has 2 heterocycles. The zero-order valence-corrected chi connectivity index (χ0v) is 22.9. The maximum Gasteiger partial charge on any atom is 0.328 e. The second-order valence-corrected chi connectivity index (χ2v) is 11.1. The first-order chi connectivity index (χ1) is 18.1. The summed E-state index contributed by atoms with van der Waals surface area (Å²) in [5, 5.41) is 0. The molecule has 38 heavy (non-hydrogen) atoms. The summed E-state index contributed by atoms with van der Waals surface area (Å²) < 4.78 is 16.8. The van der Waals surface area contributed by atoms with E-state index in [0.29, 0.717) is 6.42 Å². The number of ether oxygens (including phenoxy) is 3. The molecule has 3 atom stereocenters. The normalized spacial score (nSPS) is 24.4. The van der Waals surface area contributed by atoms with Gasteiger partial charge in [-0.2, -0.15) is 0 Å². The standard InChI is InChI=1S/C31H37NO6/c1-30(2,3)25-18-27(33)38-16-10-9-13-22-17-23(14-15-24(22)21-11-7-6-8-12-21)31(37-5)19-26(29(35)36-4)32(20-31)28(25)34/h6-9,11-15,17,25-26H,10,16,18-20H2,1-5H3/t25-,26+,31+/m1/s1. The zero-order valence-electron chi connectivity index (χ0n) is 22.9. The molecule has 1 fully saturated rings. The molecule has 2 aliphatic heterocycles. The lowest BCUT2D eigenvalue weighted by atomic mass is 9.77. The topological polar surface area (TPSA) is 82.1 Å². The van der Waals surface area contributed by atoms with Gasteiger partial charge in [-0.3, -0.25) is 9.59 Å². The van der Waals surface area contributed by atoms with Gasteiger partial charge in [-0.15, -0.1) is 0 Å². The summed E-state index contributed by atoms with van der Waals surface area (Å²) in [6.07, 6.45) is 4.74. The number of cyclic esters (lactones) is 1. The van der Waals surface area contributed by atoms with Crippen LogP contribution in [0.2, 0.25) is 0 Å². The van der Waals surface area contributed by atoms with E-state index in [2.05, 4.69) is 24.3 Å². The van der Waals surface area contributed by atoms with Gasteiger partial charge in [0, 0.05) is 13.5 Å². The predicted octanol–water partition coefficient (Wildman–Crippen LogP) is 4.98. The molecule has 2 aliphatic rings. The molecule has 4 rings (SSSR count). The molecule has 0 spiro atoms. The van der Waals surface area contributed by atoms with Gasteiger partial charge in [-0.05, 0) is 40.2 Å². The Hall–Kier alpha value is -3.45. The summed E-state index contributed by atoms with van der Waals surface area (Å²) in [5.74, 6) is -1.89. The van der Waals surface area contributed by atoms with Gasteiger partial charge in [-0.1, -0.05) is 75.4 Å². The number of benzene rings is 2. The highest BCUT2D eigenvalue weighted by Gasteiger charge is 2.53. The van der Waals surface area contributed by atoms with Gasteiger partial charge in [0.15, 0.2) is 0 Å². The average molecular weight is 520 g/mol. The molecule has 0 aromatic heterocycles. The molecule has 0 saturated carbocycles. The molecule has 0 unspecified atom stereocenters. The van der Waals surface area contributed by atoms with E-state index in [1.54, 1.807) is 12.0 Å². The van der Waals surface area contributed by atoms with E-state index >= 15 is 0 Å². The summed E-state index contributed by atoms with van der Waals surface area (Å²) in [6, 6.07) is 15.4. The van der Waals surface area contributed by atoms with Crippen molar-refractivity contribution in [3.05, 3.63) is 65.7 Å². The minimum atomic E-state index is -0.921. The van der Waals surface area contributed by atoms with Crippen molar-refractivity contribution in [2.45, 2.75) is 51.7 Å². The monoisotopic (exact) mass is 519 g/mol. The SMILES string of the molecule is COC(=O)[C@@H]1C[C@]2(OC)CN1C(=O)[C@H](C(C)(C)C)CC(=O)OCCC=Cc1cc2ccc1-c1ccccc1. The van der Waals surface area contributed by atoms with E-state index in [0.717, 1.165) is 22.3 Å². The van der Waals surface area contributed by atoms with Crippen LogP contribution in [0.5, 0.6) is 0 Å². The van der Waals surface area contributed by atoms with Gasteiger partial charge in [0.05, 0.1) is 32.6 Å². The second kappa shape index (κ2) is 11.1. The van der Waals surface area contributed by atoms with Crippen LogP contribution in [0.1, 0.15) is 51.2 Å². The van der Waals surface area contributed by atoms with Crippen LogP contribution >= 0.6 is 0 Å². The Morgan fingerprint density at radius 2 is 1.82 bits per heavy atom. The van der Waals surface area contributed by atoms with Crippen LogP contribution in [-0.2, 0) is 34.2 Å². The van der Waals surface area contributed by atoms with Crippen LogP contribution in [0.15, 0.2) is 54.6 Å². The van der Waals surface area contributed by atoms with Gasteiger partial charge < -0.3 is 19.1 Å². The number of amides is 1. The number of carbonyl (C=O) groups excluding carboxylic acids is 3. The van der Waals surface area contributed by atoms with E-state index in [9.17, 15) is 14.4 Å². The molecule has 1 saturated heterocycles. The predicted molar refractivity (Wildman–Crippen MR) is 145 cm³/mol. The van der Waals surface area contributed by atoms with Gasteiger partial charge in [0.1, 0.15) is 11.6 Å². The highest BCUT2D eigenvalue weighted by Crippen LogP contribution is 2.43. The van der Waals surface area contributed by atoms with E-state index in [-0.39, 0.29) is 31.9 Å². The Balaban J connectivity index is 1.86. The maximum atomic E-state index is 14.0. The number of carbonyl (C=O) groups is 3. The fourth-order valence-corrected chi connectivity index (χ4v) is 5.43. The van der Waals surface area contributed by atoms with E-state index < -0.39 is 34.9 Å². The average Bonchev–Trinajstić information content (AvgIpc) is 3.31. The first-order valence-electron chi connectivity index (χ1n) is 13.1. The molecule has 1 amide bonds. The molecule has 4 bridgehead atoms. The first-order valence-corrected chi connectivity index (χ1v) is 13.1. The molecule has 2 aromatic carbocycles. The van der Waals surface area contributed by atoms with Crippen molar-refractivity contribution in [2.75, 3.05) is 27.4 Å².